The van der Waals surface area contributed by atoms with Crippen molar-refractivity contribution >= 4 is 55.9 Å². The van der Waals surface area contributed by atoms with Gasteiger partial charge in [0.05, 0.1) is 11.4 Å². The van der Waals surface area contributed by atoms with Crippen LogP contribution in [0.1, 0.15) is 33.4 Å². The van der Waals surface area contributed by atoms with Crippen LogP contribution < -0.4 is 9.80 Å². The Bertz CT molecular complexity index is 3230. The minimum Gasteiger partial charge on any atom is -0.309 e. The van der Waals surface area contributed by atoms with Crippen molar-refractivity contribution in [1.82, 2.24) is 15.0 Å². The lowest BCUT2D eigenvalue weighted by molar-refractivity contribution is 1.02. The quantitative estimate of drug-likeness (QED) is 0.145. The minimum atomic E-state index is 0.522. The monoisotopic (exact) mass is 827 g/mol. The van der Waals surface area contributed by atoms with Gasteiger partial charge in [-0.1, -0.05) is 163 Å². The third-order valence-corrected chi connectivity index (χ3v) is 12.2. The Kier molecular flexibility index (Phi) is 10.5. The third-order valence-electron chi connectivity index (χ3n) is 12.2. The molecule has 0 saturated heterocycles. The molecule has 0 fully saturated rings. The van der Waals surface area contributed by atoms with Gasteiger partial charge < -0.3 is 4.90 Å². The first-order valence-electron chi connectivity index (χ1n) is 21.9. The van der Waals surface area contributed by atoms with Crippen molar-refractivity contribution in [3.63, 3.8) is 0 Å². The van der Waals surface area contributed by atoms with Crippen LogP contribution in [0, 0.1) is 41.5 Å². The zero-order valence-electron chi connectivity index (χ0n) is 37.1. The molecule has 1 aromatic heterocycles. The first kappa shape index (κ1) is 40.2. The van der Waals surface area contributed by atoms with E-state index in [2.05, 4.69) is 221 Å². The number of nitrogens with zero attached hydrogens (tertiary/aromatic N) is 5. The maximum atomic E-state index is 5.46. The molecule has 0 aliphatic carbocycles. The largest absolute Gasteiger partial charge is 0.309 e. The number of anilines is 6. The molecule has 5 heteroatoms. The first-order chi connectivity index (χ1) is 31.2. The average Bonchev–Trinajstić information content (AvgIpc) is 3.31. The zero-order valence-corrected chi connectivity index (χ0v) is 37.1. The molecule has 10 aromatic rings. The van der Waals surface area contributed by atoms with E-state index in [1.165, 1.54) is 44.8 Å². The van der Waals surface area contributed by atoms with Gasteiger partial charge in [-0.3, -0.25) is 4.90 Å². The van der Waals surface area contributed by atoms with Gasteiger partial charge >= 0.3 is 0 Å². The van der Waals surface area contributed by atoms with Crippen molar-refractivity contribution in [3.8, 4) is 33.9 Å². The zero-order chi connectivity index (χ0) is 43.9. The summed E-state index contributed by atoms with van der Waals surface area (Å²) in [6.07, 6.45) is 0. The summed E-state index contributed by atoms with van der Waals surface area (Å²) >= 11 is 0. The van der Waals surface area contributed by atoms with Crippen LogP contribution in [0.15, 0.2) is 188 Å². The summed E-state index contributed by atoms with van der Waals surface area (Å²) in [5.41, 5.74) is 16.9. The summed E-state index contributed by atoms with van der Waals surface area (Å²) in [4.78, 5) is 20.7. The summed E-state index contributed by atoms with van der Waals surface area (Å²) in [5.74, 6) is 1.72. The summed E-state index contributed by atoms with van der Waals surface area (Å²) in [6.45, 7) is 13.2. The van der Waals surface area contributed by atoms with Crippen molar-refractivity contribution in [2.45, 2.75) is 41.5 Å². The van der Waals surface area contributed by atoms with Crippen LogP contribution in [0.2, 0.25) is 0 Å². The van der Waals surface area contributed by atoms with E-state index in [0.29, 0.717) is 17.6 Å². The Morgan fingerprint density at radius 1 is 0.328 bits per heavy atom. The SMILES string of the molecule is Cc1cc(C)c(N(c2ccc(N(c3ccc4ccccc4c3)c3nc(-c4ccccc4)nc(-c4cccc5cccc(-c6ccccc6)c45)n3)cc2)c2c(C)cc(C)cc2C)c(C)c1. The van der Waals surface area contributed by atoms with Crippen LogP contribution in [0.5, 0.6) is 0 Å². The molecule has 0 unspecified atom stereocenters. The van der Waals surface area contributed by atoms with E-state index in [-0.39, 0.29) is 0 Å². The lowest BCUT2D eigenvalue weighted by Gasteiger charge is -2.32. The summed E-state index contributed by atoms with van der Waals surface area (Å²) < 4.78 is 0. The fourth-order valence-corrected chi connectivity index (χ4v) is 9.55. The summed E-state index contributed by atoms with van der Waals surface area (Å²) in [7, 11) is 0. The highest BCUT2D eigenvalue weighted by Crippen LogP contribution is 2.45. The number of rotatable bonds is 9. The normalized spacial score (nSPS) is 11.3. The molecule has 0 aliphatic heterocycles. The number of hydrogen-bond donors (Lipinski definition) is 0. The highest BCUT2D eigenvalue weighted by Gasteiger charge is 2.24. The van der Waals surface area contributed by atoms with Gasteiger partial charge in [-0.25, -0.2) is 4.98 Å². The Morgan fingerprint density at radius 3 is 1.39 bits per heavy atom. The third kappa shape index (κ3) is 7.56. The average molecular weight is 828 g/mol. The lowest BCUT2D eigenvalue weighted by Crippen LogP contribution is -2.17. The van der Waals surface area contributed by atoms with Gasteiger partial charge in [0.1, 0.15) is 0 Å². The van der Waals surface area contributed by atoms with Crippen molar-refractivity contribution < 1.29 is 0 Å². The van der Waals surface area contributed by atoms with E-state index in [4.69, 9.17) is 15.0 Å². The molecule has 10 rings (SSSR count). The standard InChI is InChI=1S/C59H49N5/c1-38-33-40(3)55(41(4)34-38)64(56-42(5)35-39(2)36-43(56)6)50-31-29-49(30-32-50)63(51-28-27-44-17-13-14-22-48(44)37-51)59-61-57(47-20-11-8-12-21-47)60-58(62-59)53-26-16-24-46-23-15-25-52(54(46)53)45-18-9-7-10-19-45/h7-37H,1-6H3. The van der Waals surface area contributed by atoms with Crippen molar-refractivity contribution in [1.29, 1.82) is 0 Å². The molecule has 1 heterocycles. The number of aryl methyl sites for hydroxylation is 6. The van der Waals surface area contributed by atoms with Crippen LogP contribution in [0.25, 0.3) is 55.4 Å². The second kappa shape index (κ2) is 16.8. The van der Waals surface area contributed by atoms with Crippen LogP contribution in [0.4, 0.5) is 34.4 Å². The summed E-state index contributed by atoms with van der Waals surface area (Å²) in [6, 6.07) is 66.7. The van der Waals surface area contributed by atoms with Gasteiger partial charge in [-0.2, -0.15) is 9.97 Å². The second-order valence-corrected chi connectivity index (χ2v) is 16.9. The number of fused-ring (bicyclic) bond motifs is 2. The Balaban J connectivity index is 1.20. The highest BCUT2D eigenvalue weighted by molar-refractivity contribution is 6.05. The fraction of sp³-hybridized carbons (Fsp3) is 0.102. The molecule has 0 bridgehead atoms. The number of benzene rings is 9. The van der Waals surface area contributed by atoms with Gasteiger partial charge in [0, 0.05) is 33.6 Å². The van der Waals surface area contributed by atoms with Crippen LogP contribution in [0.3, 0.4) is 0 Å². The summed E-state index contributed by atoms with van der Waals surface area (Å²) in [5, 5.41) is 4.50. The molecule has 0 spiro atoms. The van der Waals surface area contributed by atoms with Crippen molar-refractivity contribution in [3.05, 3.63) is 221 Å². The van der Waals surface area contributed by atoms with Crippen LogP contribution >= 0.6 is 0 Å². The Hall–Kier alpha value is -7.89. The predicted octanol–water partition coefficient (Wildman–Crippen LogP) is 16.0. The van der Waals surface area contributed by atoms with Gasteiger partial charge in [-0.05, 0) is 127 Å². The van der Waals surface area contributed by atoms with E-state index in [9.17, 15) is 0 Å². The second-order valence-electron chi connectivity index (χ2n) is 16.9. The van der Waals surface area contributed by atoms with Crippen LogP contribution in [-0.2, 0) is 0 Å². The van der Waals surface area contributed by atoms with E-state index < -0.39 is 0 Å². The Labute approximate surface area is 376 Å². The van der Waals surface area contributed by atoms with E-state index in [1.54, 1.807) is 0 Å². The molecule has 0 radical (unpaired) electrons. The van der Waals surface area contributed by atoms with Crippen molar-refractivity contribution in [2.24, 2.45) is 0 Å². The molecule has 64 heavy (non-hydrogen) atoms. The highest BCUT2D eigenvalue weighted by atomic mass is 15.3. The molecule has 0 N–H and O–H groups in total. The Morgan fingerprint density at radius 2 is 0.797 bits per heavy atom. The van der Waals surface area contributed by atoms with E-state index >= 15 is 0 Å². The van der Waals surface area contributed by atoms with Crippen LogP contribution in [-0.4, -0.2) is 15.0 Å². The molecule has 0 atom stereocenters. The molecule has 9 aromatic carbocycles. The smallest absolute Gasteiger partial charge is 0.238 e. The molecule has 310 valence electrons. The van der Waals surface area contributed by atoms with Gasteiger partial charge in [0.2, 0.25) is 5.95 Å². The number of hydrogen-bond acceptors (Lipinski definition) is 5. The predicted molar refractivity (Wildman–Crippen MR) is 269 cm³/mol. The molecule has 0 saturated carbocycles. The lowest BCUT2D eigenvalue weighted by atomic mass is 9.94. The first-order valence-corrected chi connectivity index (χ1v) is 21.9. The molecular weight excluding hydrogens is 779 g/mol. The molecule has 5 nitrogen and oxygen atoms in total. The minimum absolute atomic E-state index is 0.522. The van der Waals surface area contributed by atoms with Gasteiger partial charge in [0.25, 0.3) is 0 Å². The van der Waals surface area contributed by atoms with Crippen molar-refractivity contribution in [2.75, 3.05) is 9.80 Å². The fourth-order valence-electron chi connectivity index (χ4n) is 9.55. The maximum Gasteiger partial charge on any atom is 0.238 e. The van der Waals surface area contributed by atoms with E-state index in [0.717, 1.165) is 60.9 Å². The molecule has 0 aliphatic rings. The van der Waals surface area contributed by atoms with Gasteiger partial charge in [0.15, 0.2) is 11.6 Å². The number of aromatic nitrogens is 3. The van der Waals surface area contributed by atoms with E-state index in [1.807, 2.05) is 18.2 Å². The molecule has 0 amide bonds. The maximum absolute atomic E-state index is 5.46. The topological polar surface area (TPSA) is 45.2 Å². The van der Waals surface area contributed by atoms with Gasteiger partial charge in [-0.15, -0.1) is 0 Å². The molecular formula is C59H49N5.